The smallest absolute Gasteiger partial charge is 0.0328 e. The highest BCUT2D eigenvalue weighted by atomic mass is 32.2. The number of hydrogen-bond donors (Lipinski definition) is 2. The second kappa shape index (κ2) is 4.49. The minimum Gasteiger partial charge on any atom is -0.399 e. The summed E-state index contributed by atoms with van der Waals surface area (Å²) in [6.07, 6.45) is 0. The maximum absolute atomic E-state index is 5.80. The molecule has 0 aliphatic heterocycles. The number of nitrogen functional groups attached to an aromatic ring is 2. The number of benzene rings is 2. The highest BCUT2D eigenvalue weighted by Crippen LogP contribution is 2.30. The lowest BCUT2D eigenvalue weighted by Crippen LogP contribution is -1.87. The number of anilines is 2. The van der Waals surface area contributed by atoms with E-state index in [0.29, 0.717) is 0 Å². The van der Waals surface area contributed by atoms with Crippen molar-refractivity contribution in [3.8, 4) is 0 Å². The average Bonchev–Trinajstić information content (AvgIpc) is 2.20. The molecule has 16 heavy (non-hydrogen) atoms. The van der Waals surface area contributed by atoms with Crippen LogP contribution >= 0.6 is 11.8 Å². The van der Waals surface area contributed by atoms with Crippen molar-refractivity contribution in [1.82, 2.24) is 0 Å². The molecule has 0 heterocycles. The number of rotatable bonds is 2. The zero-order valence-electron chi connectivity index (χ0n) is 9.10. The fraction of sp³-hybridized carbons (Fsp3) is 0.0769. The minimum absolute atomic E-state index is 0.785. The molecule has 4 N–H and O–H groups in total. The van der Waals surface area contributed by atoms with E-state index in [-0.39, 0.29) is 0 Å². The van der Waals surface area contributed by atoms with E-state index in [4.69, 9.17) is 11.5 Å². The number of nitrogens with two attached hydrogens (primary N) is 2. The molecule has 0 spiro atoms. The van der Waals surface area contributed by atoms with Gasteiger partial charge in [0, 0.05) is 21.2 Å². The van der Waals surface area contributed by atoms with Crippen LogP contribution in [0.1, 0.15) is 5.56 Å². The Kier molecular flexibility index (Phi) is 3.06. The SMILES string of the molecule is Cc1cc(N)cc(Sc2ccc(N)cc2)c1. The van der Waals surface area contributed by atoms with Crippen molar-refractivity contribution in [3.63, 3.8) is 0 Å². The van der Waals surface area contributed by atoms with Gasteiger partial charge in [0.05, 0.1) is 0 Å². The monoisotopic (exact) mass is 230 g/mol. The molecule has 3 heteroatoms. The minimum atomic E-state index is 0.785. The largest absolute Gasteiger partial charge is 0.399 e. The third-order valence-electron chi connectivity index (χ3n) is 2.19. The molecule has 2 rings (SSSR count). The van der Waals surface area contributed by atoms with Crippen molar-refractivity contribution in [3.05, 3.63) is 48.0 Å². The molecule has 0 fully saturated rings. The van der Waals surface area contributed by atoms with Crippen LogP contribution in [0.3, 0.4) is 0 Å². The molecule has 82 valence electrons. The summed E-state index contributed by atoms with van der Waals surface area (Å²) in [5, 5.41) is 0. The molecule has 0 aliphatic carbocycles. The topological polar surface area (TPSA) is 52.0 Å². The van der Waals surface area contributed by atoms with Crippen molar-refractivity contribution in [2.75, 3.05) is 11.5 Å². The second-order valence-electron chi connectivity index (χ2n) is 3.75. The molecule has 0 aliphatic rings. The van der Waals surface area contributed by atoms with Gasteiger partial charge in [-0.15, -0.1) is 0 Å². The lowest BCUT2D eigenvalue weighted by Gasteiger charge is -2.05. The predicted octanol–water partition coefficient (Wildman–Crippen LogP) is 3.31. The Morgan fingerprint density at radius 2 is 1.50 bits per heavy atom. The van der Waals surface area contributed by atoms with E-state index in [9.17, 15) is 0 Å². The first-order valence-corrected chi connectivity index (χ1v) is 5.86. The molecule has 0 atom stereocenters. The Morgan fingerprint density at radius 1 is 0.812 bits per heavy atom. The van der Waals surface area contributed by atoms with E-state index in [2.05, 4.69) is 6.07 Å². The van der Waals surface area contributed by atoms with Gasteiger partial charge in [-0.1, -0.05) is 11.8 Å². The molecule has 0 saturated carbocycles. The van der Waals surface area contributed by atoms with E-state index in [0.717, 1.165) is 16.3 Å². The molecule has 2 nitrogen and oxygen atoms in total. The zero-order valence-corrected chi connectivity index (χ0v) is 9.92. The van der Waals surface area contributed by atoms with Crippen molar-refractivity contribution in [2.45, 2.75) is 16.7 Å². The molecule has 0 bridgehead atoms. The van der Waals surface area contributed by atoms with Gasteiger partial charge in [0.2, 0.25) is 0 Å². The summed E-state index contributed by atoms with van der Waals surface area (Å²) < 4.78 is 0. The molecule has 0 aromatic heterocycles. The van der Waals surface area contributed by atoms with E-state index in [1.807, 2.05) is 43.3 Å². The van der Waals surface area contributed by atoms with Crippen LogP contribution in [0.2, 0.25) is 0 Å². The molecule has 2 aromatic carbocycles. The Bertz CT molecular complexity index is 472. The van der Waals surface area contributed by atoms with Gasteiger partial charge in [-0.3, -0.25) is 0 Å². The van der Waals surface area contributed by atoms with Gasteiger partial charge >= 0.3 is 0 Å². The number of hydrogen-bond acceptors (Lipinski definition) is 3. The Balaban J connectivity index is 2.23. The van der Waals surface area contributed by atoms with Gasteiger partial charge in [0.1, 0.15) is 0 Å². The summed E-state index contributed by atoms with van der Waals surface area (Å²) in [5.74, 6) is 0. The molecular weight excluding hydrogens is 216 g/mol. The highest BCUT2D eigenvalue weighted by molar-refractivity contribution is 7.99. The van der Waals surface area contributed by atoms with E-state index < -0.39 is 0 Å². The lowest BCUT2D eigenvalue weighted by molar-refractivity contribution is 1.35. The van der Waals surface area contributed by atoms with E-state index in [1.54, 1.807) is 11.8 Å². The van der Waals surface area contributed by atoms with Crippen LogP contribution in [-0.4, -0.2) is 0 Å². The van der Waals surface area contributed by atoms with Crippen LogP contribution in [0, 0.1) is 6.92 Å². The van der Waals surface area contributed by atoms with Crippen LogP contribution in [0.5, 0.6) is 0 Å². The van der Waals surface area contributed by atoms with E-state index >= 15 is 0 Å². The van der Waals surface area contributed by atoms with E-state index in [1.165, 1.54) is 10.5 Å². The van der Waals surface area contributed by atoms with Crippen molar-refractivity contribution in [1.29, 1.82) is 0 Å². The fourth-order valence-electron chi connectivity index (χ4n) is 1.51. The summed E-state index contributed by atoms with van der Waals surface area (Å²) in [5.41, 5.74) is 14.2. The van der Waals surface area contributed by atoms with Crippen molar-refractivity contribution in [2.24, 2.45) is 0 Å². The van der Waals surface area contributed by atoms with Crippen molar-refractivity contribution >= 4 is 23.1 Å². The highest BCUT2D eigenvalue weighted by Gasteiger charge is 1.99. The first-order valence-electron chi connectivity index (χ1n) is 5.04. The molecule has 0 radical (unpaired) electrons. The molecule has 0 saturated heterocycles. The molecular formula is C13H14N2S. The summed E-state index contributed by atoms with van der Waals surface area (Å²) in [6.45, 7) is 2.05. The third-order valence-corrected chi connectivity index (χ3v) is 3.17. The summed E-state index contributed by atoms with van der Waals surface area (Å²) >= 11 is 1.69. The second-order valence-corrected chi connectivity index (χ2v) is 4.90. The van der Waals surface area contributed by atoms with Crippen LogP contribution < -0.4 is 11.5 Å². The summed E-state index contributed by atoms with van der Waals surface area (Å²) in [4.78, 5) is 2.32. The van der Waals surface area contributed by atoms with Crippen LogP contribution in [0.4, 0.5) is 11.4 Å². The summed E-state index contributed by atoms with van der Waals surface area (Å²) in [6, 6.07) is 13.9. The zero-order chi connectivity index (χ0) is 11.5. The predicted molar refractivity (Wildman–Crippen MR) is 70.6 cm³/mol. The Hall–Kier alpha value is -1.61. The van der Waals surface area contributed by atoms with Crippen LogP contribution in [-0.2, 0) is 0 Å². The molecule has 0 unspecified atom stereocenters. The first kappa shape index (κ1) is 10.9. The quantitative estimate of drug-likeness (QED) is 0.778. The average molecular weight is 230 g/mol. The van der Waals surface area contributed by atoms with Gasteiger partial charge in [-0.2, -0.15) is 0 Å². The molecule has 2 aromatic rings. The fourth-order valence-corrected chi connectivity index (χ4v) is 2.49. The maximum Gasteiger partial charge on any atom is 0.0328 e. The van der Waals surface area contributed by atoms with Crippen molar-refractivity contribution < 1.29 is 0 Å². The van der Waals surface area contributed by atoms with Gasteiger partial charge < -0.3 is 11.5 Å². The molecule has 0 amide bonds. The van der Waals surface area contributed by atoms with Crippen LogP contribution in [0.25, 0.3) is 0 Å². The summed E-state index contributed by atoms with van der Waals surface area (Å²) in [7, 11) is 0. The van der Waals surface area contributed by atoms with Gasteiger partial charge in [0.25, 0.3) is 0 Å². The van der Waals surface area contributed by atoms with Gasteiger partial charge in [0.15, 0.2) is 0 Å². The maximum atomic E-state index is 5.80. The van der Waals surface area contributed by atoms with Gasteiger partial charge in [-0.05, 0) is 55.0 Å². The number of aryl methyl sites for hydroxylation is 1. The van der Waals surface area contributed by atoms with Gasteiger partial charge in [-0.25, -0.2) is 0 Å². The first-order chi connectivity index (χ1) is 7.63. The third kappa shape index (κ3) is 2.70. The standard InChI is InChI=1S/C13H14N2S/c1-9-6-11(15)8-13(7-9)16-12-4-2-10(14)3-5-12/h2-8H,14-15H2,1H3. The normalized spacial score (nSPS) is 10.3. The lowest BCUT2D eigenvalue weighted by atomic mass is 10.2. The van der Waals surface area contributed by atoms with Crippen LogP contribution in [0.15, 0.2) is 52.3 Å². The Morgan fingerprint density at radius 3 is 2.12 bits per heavy atom. The Labute approximate surface area is 99.7 Å².